The zero-order valence-corrected chi connectivity index (χ0v) is 14.8. The number of carbonyl (C=O) groups excluding carboxylic acids is 1. The highest BCUT2D eigenvalue weighted by Crippen LogP contribution is 2.26. The predicted molar refractivity (Wildman–Crippen MR) is 108 cm³/mol. The Kier molecular flexibility index (Phi) is 4.34. The molecule has 0 bridgehead atoms. The predicted octanol–water partition coefficient (Wildman–Crippen LogP) is 4.36. The lowest BCUT2D eigenvalue weighted by molar-refractivity contribution is 0.0529. The van der Waals surface area contributed by atoms with Gasteiger partial charge < -0.3 is 14.7 Å². The average molecular weight is 358 g/mol. The molecule has 0 saturated heterocycles. The topological polar surface area (TPSA) is 75.0 Å². The van der Waals surface area contributed by atoms with Gasteiger partial charge in [0, 0.05) is 22.5 Å². The molecule has 0 radical (unpaired) electrons. The van der Waals surface area contributed by atoms with E-state index in [2.05, 4.69) is 9.97 Å². The molecule has 2 heterocycles. The fourth-order valence-corrected chi connectivity index (χ4v) is 3.17. The van der Waals surface area contributed by atoms with Crippen LogP contribution in [0.15, 0.2) is 59.5 Å². The van der Waals surface area contributed by atoms with Gasteiger partial charge >= 0.3 is 5.97 Å². The van der Waals surface area contributed by atoms with E-state index in [0.717, 1.165) is 16.5 Å². The number of benzene rings is 2. The maximum Gasteiger partial charge on any atom is 0.340 e. The van der Waals surface area contributed by atoms with Gasteiger partial charge in [0.1, 0.15) is 5.52 Å². The van der Waals surface area contributed by atoms with E-state index in [9.17, 15) is 9.59 Å². The highest BCUT2D eigenvalue weighted by atomic mass is 16.5. The van der Waals surface area contributed by atoms with Crippen LogP contribution < -0.4 is 5.56 Å². The first-order valence-electron chi connectivity index (χ1n) is 8.74. The van der Waals surface area contributed by atoms with Crippen LogP contribution in [0.5, 0.6) is 0 Å². The lowest BCUT2D eigenvalue weighted by Crippen LogP contribution is -2.08. The molecule has 134 valence electrons. The van der Waals surface area contributed by atoms with Crippen LogP contribution >= 0.6 is 0 Å². The number of esters is 1. The molecule has 2 N–H and O–H groups in total. The largest absolute Gasteiger partial charge is 0.462 e. The molecule has 4 rings (SSSR count). The van der Waals surface area contributed by atoms with Crippen LogP contribution in [0, 0.1) is 0 Å². The third kappa shape index (κ3) is 3.15. The molecule has 0 aliphatic carbocycles. The third-order valence-corrected chi connectivity index (χ3v) is 4.43. The lowest BCUT2D eigenvalue weighted by atomic mass is 10.0. The summed E-state index contributed by atoms with van der Waals surface area (Å²) in [7, 11) is 0. The summed E-state index contributed by atoms with van der Waals surface area (Å²) in [4.78, 5) is 30.4. The Bertz CT molecular complexity index is 1220. The first-order chi connectivity index (χ1) is 13.2. The molecule has 2 aromatic heterocycles. The van der Waals surface area contributed by atoms with E-state index in [4.69, 9.17) is 4.74 Å². The summed E-state index contributed by atoms with van der Waals surface area (Å²) in [6, 6.07) is 15.7. The molecule has 27 heavy (non-hydrogen) atoms. The number of H-pyrrole nitrogens is 2. The zero-order chi connectivity index (χ0) is 18.8. The monoisotopic (exact) mass is 358 g/mol. The van der Waals surface area contributed by atoms with Crippen LogP contribution in [0.4, 0.5) is 0 Å². The van der Waals surface area contributed by atoms with Crippen molar-refractivity contribution in [1.29, 1.82) is 0 Å². The Labute approximate surface area is 155 Å². The molecule has 4 aromatic rings. The number of ether oxygens (including phenoxy) is 1. The normalized spacial score (nSPS) is 11.4. The van der Waals surface area contributed by atoms with Crippen molar-refractivity contribution < 1.29 is 9.53 Å². The second kappa shape index (κ2) is 6.96. The van der Waals surface area contributed by atoms with Crippen LogP contribution in [0.3, 0.4) is 0 Å². The molecular formula is C22H18N2O3. The third-order valence-electron chi connectivity index (χ3n) is 4.43. The standard InChI is InChI=1S/C22H18N2O3/c1-2-27-22(26)17-13-23-20-19(17)16-12-15(10-11-18(16)24-21(20)25)9-8-14-6-4-3-5-7-14/h3-13,23H,2H2,1H3,(H,24,25). The summed E-state index contributed by atoms with van der Waals surface area (Å²) in [6.45, 7) is 2.03. The minimum Gasteiger partial charge on any atom is -0.462 e. The van der Waals surface area contributed by atoms with Gasteiger partial charge in [-0.3, -0.25) is 4.79 Å². The van der Waals surface area contributed by atoms with Gasteiger partial charge in [-0.05, 0) is 30.2 Å². The number of fused-ring (bicyclic) bond motifs is 3. The maximum atomic E-state index is 12.3. The zero-order valence-electron chi connectivity index (χ0n) is 14.8. The van der Waals surface area contributed by atoms with Crippen LogP contribution in [0.2, 0.25) is 0 Å². The number of nitrogens with one attached hydrogen (secondary N) is 2. The second-order valence-electron chi connectivity index (χ2n) is 6.18. The molecule has 0 atom stereocenters. The molecule has 0 aliphatic heterocycles. The highest BCUT2D eigenvalue weighted by Gasteiger charge is 2.17. The molecular weight excluding hydrogens is 340 g/mol. The van der Waals surface area contributed by atoms with Gasteiger partial charge in [0.15, 0.2) is 0 Å². The van der Waals surface area contributed by atoms with Gasteiger partial charge in [0.25, 0.3) is 5.56 Å². The van der Waals surface area contributed by atoms with Crippen molar-refractivity contribution in [2.45, 2.75) is 6.92 Å². The summed E-state index contributed by atoms with van der Waals surface area (Å²) < 4.78 is 5.13. The van der Waals surface area contributed by atoms with Crippen LogP contribution in [-0.4, -0.2) is 22.5 Å². The smallest absolute Gasteiger partial charge is 0.340 e. The number of aromatic amines is 2. The highest BCUT2D eigenvalue weighted by molar-refractivity contribution is 6.15. The molecule has 5 nitrogen and oxygen atoms in total. The number of pyridine rings is 1. The summed E-state index contributed by atoms with van der Waals surface area (Å²) in [5.74, 6) is -0.444. The maximum absolute atomic E-state index is 12.3. The van der Waals surface area contributed by atoms with E-state index in [1.807, 2.05) is 60.7 Å². The van der Waals surface area contributed by atoms with E-state index in [1.165, 1.54) is 6.20 Å². The van der Waals surface area contributed by atoms with Gasteiger partial charge in [-0.1, -0.05) is 48.6 Å². The first kappa shape index (κ1) is 16.8. The van der Waals surface area contributed by atoms with Gasteiger partial charge in [0.05, 0.1) is 12.2 Å². The van der Waals surface area contributed by atoms with Crippen molar-refractivity contribution in [3.63, 3.8) is 0 Å². The van der Waals surface area contributed by atoms with Crippen molar-refractivity contribution in [3.05, 3.63) is 81.8 Å². The Hall–Kier alpha value is -3.60. The Morgan fingerprint density at radius 1 is 1.07 bits per heavy atom. The van der Waals surface area contributed by atoms with Gasteiger partial charge in [0.2, 0.25) is 0 Å². The molecule has 0 aliphatic rings. The summed E-state index contributed by atoms with van der Waals surface area (Å²) in [6.07, 6.45) is 5.56. The molecule has 0 saturated carbocycles. The molecule has 5 heteroatoms. The average Bonchev–Trinajstić information content (AvgIpc) is 3.14. The number of hydrogen-bond acceptors (Lipinski definition) is 3. The lowest BCUT2D eigenvalue weighted by Gasteiger charge is -2.05. The van der Waals surface area contributed by atoms with E-state index in [0.29, 0.717) is 22.0 Å². The van der Waals surface area contributed by atoms with Crippen molar-refractivity contribution in [2.24, 2.45) is 0 Å². The fourth-order valence-electron chi connectivity index (χ4n) is 3.17. The van der Waals surface area contributed by atoms with Crippen molar-refractivity contribution >= 4 is 39.9 Å². The summed E-state index contributed by atoms with van der Waals surface area (Å²) >= 11 is 0. The first-order valence-corrected chi connectivity index (χ1v) is 8.74. The van der Waals surface area contributed by atoms with Crippen LogP contribution in [0.1, 0.15) is 28.4 Å². The Morgan fingerprint density at radius 3 is 2.63 bits per heavy atom. The van der Waals surface area contributed by atoms with Crippen LogP contribution in [0.25, 0.3) is 34.0 Å². The molecule has 2 aromatic carbocycles. The molecule has 0 spiro atoms. The van der Waals surface area contributed by atoms with Crippen molar-refractivity contribution in [3.8, 4) is 0 Å². The van der Waals surface area contributed by atoms with Gasteiger partial charge in [-0.2, -0.15) is 0 Å². The number of aromatic nitrogens is 2. The van der Waals surface area contributed by atoms with Crippen LogP contribution in [-0.2, 0) is 4.74 Å². The minimum atomic E-state index is -0.444. The quantitative estimate of drug-likeness (QED) is 0.420. The summed E-state index contributed by atoms with van der Waals surface area (Å²) in [5.41, 5.74) is 3.21. The number of hydrogen-bond donors (Lipinski definition) is 2. The summed E-state index contributed by atoms with van der Waals surface area (Å²) in [5, 5.41) is 1.38. The molecule has 0 unspecified atom stereocenters. The number of carbonyl (C=O) groups is 1. The van der Waals surface area contributed by atoms with E-state index in [1.54, 1.807) is 6.92 Å². The Balaban J connectivity index is 1.88. The van der Waals surface area contributed by atoms with E-state index < -0.39 is 5.97 Å². The van der Waals surface area contributed by atoms with Crippen molar-refractivity contribution in [1.82, 2.24) is 9.97 Å². The van der Waals surface area contributed by atoms with E-state index in [-0.39, 0.29) is 12.2 Å². The number of rotatable bonds is 4. The van der Waals surface area contributed by atoms with Gasteiger partial charge in [-0.25, -0.2) is 4.79 Å². The second-order valence-corrected chi connectivity index (χ2v) is 6.18. The van der Waals surface area contributed by atoms with E-state index >= 15 is 0 Å². The van der Waals surface area contributed by atoms with Crippen molar-refractivity contribution in [2.75, 3.05) is 6.61 Å². The minimum absolute atomic E-state index is 0.263. The fraction of sp³-hybridized carbons (Fsp3) is 0.0909. The van der Waals surface area contributed by atoms with Gasteiger partial charge in [-0.15, -0.1) is 0 Å². The SMILES string of the molecule is CCOC(=O)c1c[nH]c2c(=O)[nH]c3ccc(C=Cc4ccccc4)cc3c12. The molecule has 0 amide bonds. The molecule has 0 fully saturated rings. The Morgan fingerprint density at radius 2 is 1.85 bits per heavy atom.